The van der Waals surface area contributed by atoms with Crippen LogP contribution < -0.4 is 4.74 Å². The lowest BCUT2D eigenvalue weighted by Crippen LogP contribution is -2.17. The van der Waals surface area contributed by atoms with Gasteiger partial charge in [-0.15, -0.1) is 0 Å². The third kappa shape index (κ3) is 5.13. The van der Waals surface area contributed by atoms with Gasteiger partial charge < -0.3 is 4.74 Å². The Hall–Kier alpha value is 0.0800. The molecule has 0 unspecified atom stereocenters. The molecule has 0 bridgehead atoms. The smallest absolute Gasteiger partial charge is 0.239 e. The zero-order valence-electron chi connectivity index (χ0n) is 10.7. The highest BCUT2D eigenvalue weighted by atomic mass is 80.0. The van der Waals surface area contributed by atoms with E-state index in [2.05, 4.69) is 59.7 Å². The van der Waals surface area contributed by atoms with Crippen LogP contribution in [-0.2, 0) is 9.84 Å². The molecule has 0 saturated heterocycles. The number of rotatable bonds is 6. The van der Waals surface area contributed by atoms with E-state index in [9.17, 15) is 8.42 Å². The Kier molecular flexibility index (Phi) is 7.17. The van der Waals surface area contributed by atoms with E-state index in [0.717, 1.165) is 12.8 Å². The summed E-state index contributed by atoms with van der Waals surface area (Å²) in [6.07, 6.45) is 3.40. The van der Waals surface area contributed by atoms with Crippen molar-refractivity contribution >= 4 is 64.0 Å². The number of unbranched alkanes of at least 4 members (excludes halogenated alkanes) is 1. The van der Waals surface area contributed by atoms with Crippen LogP contribution in [0.5, 0.6) is 5.75 Å². The Bertz CT molecular complexity index is 568. The fourth-order valence-corrected chi connectivity index (χ4v) is 3.73. The molecule has 0 saturated carbocycles. The first-order chi connectivity index (χ1) is 9.29. The molecule has 0 amide bonds. The van der Waals surface area contributed by atoms with Gasteiger partial charge >= 0.3 is 0 Å². The third-order valence-electron chi connectivity index (χ3n) is 2.32. The van der Waals surface area contributed by atoms with Gasteiger partial charge in [0.15, 0.2) is 6.40 Å². The molecule has 0 aliphatic heterocycles. The molecule has 0 atom stereocenters. The van der Waals surface area contributed by atoms with Gasteiger partial charge in [0.1, 0.15) is 5.75 Å². The average Bonchev–Trinajstić information content (AvgIpc) is 2.37. The van der Waals surface area contributed by atoms with Crippen LogP contribution in [0.1, 0.15) is 19.8 Å². The number of ether oxygens (including phenoxy) is 1. The molecule has 4 nitrogen and oxygen atoms in total. The normalized spacial score (nSPS) is 12.8. The van der Waals surface area contributed by atoms with Gasteiger partial charge in [0.05, 0.1) is 4.90 Å². The maximum absolute atomic E-state index is 12.2. The first kappa shape index (κ1) is 18.1. The van der Waals surface area contributed by atoms with Crippen LogP contribution in [0.4, 0.5) is 0 Å². The molecular formula is C12H14Br3NO3S. The van der Waals surface area contributed by atoms with Gasteiger partial charge in [-0.3, -0.25) is 4.99 Å². The van der Waals surface area contributed by atoms with Crippen LogP contribution in [0.25, 0.3) is 0 Å². The summed E-state index contributed by atoms with van der Waals surface area (Å²) in [6.45, 7) is 2.78. The number of nitrogens with zero attached hydrogens (tertiary/aromatic N) is 1. The fraction of sp³-hybridized carbons (Fsp3) is 0.417. The predicted molar refractivity (Wildman–Crippen MR) is 92.0 cm³/mol. The minimum atomic E-state index is -3.61. The van der Waals surface area contributed by atoms with Gasteiger partial charge in [0, 0.05) is 6.54 Å². The molecule has 20 heavy (non-hydrogen) atoms. The van der Waals surface area contributed by atoms with E-state index >= 15 is 0 Å². The highest BCUT2D eigenvalue weighted by Gasteiger charge is 2.37. The molecule has 0 aliphatic rings. The number of sulfone groups is 1. The van der Waals surface area contributed by atoms with Crippen molar-refractivity contribution in [1.29, 1.82) is 0 Å². The monoisotopic (exact) mass is 489 g/mol. The molecule has 1 aromatic rings. The maximum atomic E-state index is 12.2. The largest absolute Gasteiger partial charge is 0.446 e. The Morgan fingerprint density at radius 3 is 2.65 bits per heavy atom. The number of hydrogen-bond donors (Lipinski definition) is 0. The molecule has 1 rings (SSSR count). The quantitative estimate of drug-likeness (QED) is 0.255. The predicted octanol–water partition coefficient (Wildman–Crippen LogP) is 4.46. The fourth-order valence-electron chi connectivity index (χ4n) is 1.25. The molecule has 0 fully saturated rings. The van der Waals surface area contributed by atoms with Crippen molar-refractivity contribution in [3.63, 3.8) is 0 Å². The zero-order valence-corrected chi connectivity index (χ0v) is 16.3. The molecule has 0 heterocycles. The van der Waals surface area contributed by atoms with Crippen molar-refractivity contribution in [2.75, 3.05) is 6.54 Å². The number of aliphatic imine (C=N–C) groups is 1. The summed E-state index contributed by atoms with van der Waals surface area (Å²) in [7, 11) is -3.61. The lowest BCUT2D eigenvalue weighted by molar-refractivity contribution is 0.564. The van der Waals surface area contributed by atoms with E-state index in [4.69, 9.17) is 4.74 Å². The molecule has 0 aromatic heterocycles. The van der Waals surface area contributed by atoms with E-state index < -0.39 is 11.3 Å². The zero-order chi connectivity index (χ0) is 15.2. The summed E-state index contributed by atoms with van der Waals surface area (Å²) >= 11 is 9.06. The molecule has 0 N–H and O–H groups in total. The van der Waals surface area contributed by atoms with Crippen molar-refractivity contribution in [1.82, 2.24) is 0 Å². The van der Waals surface area contributed by atoms with Crippen molar-refractivity contribution in [2.45, 2.75) is 26.1 Å². The number of hydrogen-bond acceptors (Lipinski definition) is 4. The van der Waals surface area contributed by atoms with Crippen molar-refractivity contribution in [3.05, 3.63) is 24.3 Å². The second kappa shape index (κ2) is 7.91. The van der Waals surface area contributed by atoms with Crippen LogP contribution in [0.2, 0.25) is 0 Å². The third-order valence-corrected chi connectivity index (χ3v) is 7.64. The van der Waals surface area contributed by atoms with Crippen LogP contribution in [0.3, 0.4) is 0 Å². The topological polar surface area (TPSA) is 55.7 Å². The lowest BCUT2D eigenvalue weighted by atomic mass is 10.3. The van der Waals surface area contributed by atoms with Gasteiger partial charge in [-0.05, 0) is 72.4 Å². The van der Waals surface area contributed by atoms with Gasteiger partial charge in [-0.2, -0.15) is 0 Å². The first-order valence-electron chi connectivity index (χ1n) is 5.85. The minimum Gasteiger partial charge on any atom is -0.446 e. The van der Waals surface area contributed by atoms with Gasteiger partial charge in [0.2, 0.25) is 11.3 Å². The Labute approximate surface area is 144 Å². The summed E-state index contributed by atoms with van der Waals surface area (Å²) in [5.74, 6) is 0.420. The summed E-state index contributed by atoms with van der Waals surface area (Å²) < 4.78 is 28.3. The summed E-state index contributed by atoms with van der Waals surface area (Å²) in [6, 6.07) is 6.22. The van der Waals surface area contributed by atoms with Gasteiger partial charge in [-0.25, -0.2) is 8.42 Å². The van der Waals surface area contributed by atoms with Crippen molar-refractivity contribution in [2.24, 2.45) is 4.99 Å². The molecule has 0 radical (unpaired) electrons. The van der Waals surface area contributed by atoms with Crippen LogP contribution in [-0.4, -0.2) is 22.8 Å². The Balaban J connectivity index is 2.84. The first-order valence-corrected chi connectivity index (χ1v) is 9.71. The number of alkyl halides is 3. The average molecular weight is 492 g/mol. The molecular weight excluding hydrogens is 478 g/mol. The maximum Gasteiger partial charge on any atom is 0.239 e. The Morgan fingerprint density at radius 1 is 1.35 bits per heavy atom. The highest BCUT2D eigenvalue weighted by molar-refractivity contribution is 9.42. The summed E-state index contributed by atoms with van der Waals surface area (Å²) in [5, 5.41) is 0. The molecule has 1 aromatic carbocycles. The highest BCUT2D eigenvalue weighted by Crippen LogP contribution is 2.43. The SMILES string of the molecule is CCCCN=COc1cccc(S(=O)(=O)C(Br)(Br)Br)c1. The molecule has 112 valence electrons. The van der Waals surface area contributed by atoms with E-state index in [-0.39, 0.29) is 4.90 Å². The second-order valence-electron chi connectivity index (χ2n) is 3.91. The van der Waals surface area contributed by atoms with Crippen LogP contribution >= 0.6 is 47.8 Å². The number of halogens is 3. The summed E-state index contributed by atoms with van der Waals surface area (Å²) in [5.41, 5.74) is 0. The molecule has 8 heteroatoms. The van der Waals surface area contributed by atoms with Gasteiger partial charge in [0.25, 0.3) is 0 Å². The number of benzene rings is 1. The lowest BCUT2D eigenvalue weighted by Gasteiger charge is -2.13. The minimum absolute atomic E-state index is 0.127. The van der Waals surface area contributed by atoms with E-state index in [1.54, 1.807) is 12.1 Å². The molecule has 0 aliphatic carbocycles. The summed E-state index contributed by atoms with van der Waals surface area (Å²) in [4.78, 5) is 4.20. The van der Waals surface area contributed by atoms with E-state index in [1.165, 1.54) is 18.5 Å². The van der Waals surface area contributed by atoms with Gasteiger partial charge in [-0.1, -0.05) is 19.4 Å². The second-order valence-corrected chi connectivity index (χ2v) is 14.3. The molecule has 0 spiro atoms. The van der Waals surface area contributed by atoms with E-state index in [0.29, 0.717) is 12.3 Å². The van der Waals surface area contributed by atoms with Crippen molar-refractivity contribution in [3.8, 4) is 5.75 Å². The van der Waals surface area contributed by atoms with Crippen LogP contribution in [0, 0.1) is 0 Å². The Morgan fingerprint density at radius 2 is 2.05 bits per heavy atom. The van der Waals surface area contributed by atoms with E-state index in [1.807, 2.05) is 0 Å². The van der Waals surface area contributed by atoms with Crippen LogP contribution in [0.15, 0.2) is 34.2 Å². The van der Waals surface area contributed by atoms with Crippen molar-refractivity contribution < 1.29 is 13.2 Å². The standard InChI is InChI=1S/C12H14Br3NO3S/c1-2-3-7-16-9-19-10-5-4-6-11(8-10)20(17,18)12(13,14)15/h4-6,8-9H,2-3,7H2,1H3.